The van der Waals surface area contributed by atoms with Gasteiger partial charge in [-0.05, 0) is 47.0 Å². The van der Waals surface area contributed by atoms with E-state index in [1.807, 2.05) is 0 Å². The first-order valence-corrected chi connectivity index (χ1v) is 7.21. The van der Waals surface area contributed by atoms with Gasteiger partial charge in [0, 0.05) is 16.0 Å². The Hall–Kier alpha value is -0.580. The van der Waals surface area contributed by atoms with Crippen molar-refractivity contribution in [2.45, 2.75) is 25.7 Å². The summed E-state index contributed by atoms with van der Waals surface area (Å²) in [4.78, 5) is 12.4. The van der Waals surface area contributed by atoms with Gasteiger partial charge in [0.2, 0.25) is 5.91 Å². The summed E-state index contributed by atoms with van der Waals surface area (Å²) in [5.74, 6) is 0.0190. The van der Waals surface area contributed by atoms with Crippen LogP contribution in [0.25, 0.3) is 0 Å². The number of carbonyl (C=O) groups excluding carboxylic acids is 1. The molecule has 3 nitrogen and oxygen atoms in total. The maximum absolute atomic E-state index is 12.4. The molecule has 18 heavy (non-hydrogen) atoms. The van der Waals surface area contributed by atoms with E-state index in [1.165, 1.54) is 0 Å². The van der Waals surface area contributed by atoms with Crippen molar-refractivity contribution in [3.05, 3.63) is 27.7 Å². The normalized spacial score (nSPS) is 17.7. The fourth-order valence-corrected chi connectivity index (χ4v) is 3.20. The van der Waals surface area contributed by atoms with Crippen LogP contribution < -0.4 is 11.1 Å². The number of halogens is 2. The minimum absolute atomic E-state index is 0.0190. The molecule has 0 radical (unpaired) electrons. The van der Waals surface area contributed by atoms with E-state index in [4.69, 9.17) is 17.3 Å². The van der Waals surface area contributed by atoms with Gasteiger partial charge < -0.3 is 11.1 Å². The molecule has 1 aliphatic rings. The number of rotatable bonds is 3. The standard InChI is InChI=1S/C13H16BrClN2O/c14-10-7-9(15)3-4-11(10)17-12(18)13(8-16)5-1-2-6-13/h3-4,7H,1-2,5-6,8,16H2,(H,17,18). The van der Waals surface area contributed by atoms with Crippen LogP contribution in [0.3, 0.4) is 0 Å². The number of hydrogen-bond acceptors (Lipinski definition) is 2. The predicted molar refractivity (Wildman–Crippen MR) is 77.7 cm³/mol. The average molecular weight is 332 g/mol. The Morgan fingerprint density at radius 2 is 2.11 bits per heavy atom. The summed E-state index contributed by atoms with van der Waals surface area (Å²) in [7, 11) is 0. The highest BCUT2D eigenvalue weighted by atomic mass is 79.9. The van der Waals surface area contributed by atoms with Gasteiger partial charge in [0.05, 0.1) is 11.1 Å². The van der Waals surface area contributed by atoms with E-state index in [1.54, 1.807) is 18.2 Å². The van der Waals surface area contributed by atoms with Crippen LogP contribution in [-0.2, 0) is 4.79 Å². The largest absolute Gasteiger partial charge is 0.329 e. The number of amides is 1. The fourth-order valence-electron chi connectivity index (χ4n) is 2.42. The number of benzene rings is 1. The minimum Gasteiger partial charge on any atom is -0.329 e. The second kappa shape index (κ2) is 5.59. The van der Waals surface area contributed by atoms with Gasteiger partial charge in [0.25, 0.3) is 0 Å². The third kappa shape index (κ3) is 2.71. The second-order valence-electron chi connectivity index (χ2n) is 4.77. The quantitative estimate of drug-likeness (QED) is 0.890. The first-order chi connectivity index (χ1) is 8.57. The number of anilines is 1. The highest BCUT2D eigenvalue weighted by Crippen LogP contribution is 2.38. The second-order valence-corrected chi connectivity index (χ2v) is 6.06. The Bertz CT molecular complexity index is 458. The van der Waals surface area contributed by atoms with Crippen molar-refractivity contribution in [3.8, 4) is 0 Å². The van der Waals surface area contributed by atoms with Crippen LogP contribution in [0, 0.1) is 5.41 Å². The molecule has 3 N–H and O–H groups in total. The molecule has 1 saturated carbocycles. The highest BCUT2D eigenvalue weighted by Gasteiger charge is 2.39. The Morgan fingerprint density at radius 1 is 1.44 bits per heavy atom. The lowest BCUT2D eigenvalue weighted by Crippen LogP contribution is -2.40. The molecular formula is C13H16BrClN2O. The molecule has 0 aromatic heterocycles. The molecule has 2 rings (SSSR count). The van der Waals surface area contributed by atoms with Gasteiger partial charge in [-0.15, -0.1) is 0 Å². The number of hydrogen-bond donors (Lipinski definition) is 2. The molecule has 0 aliphatic heterocycles. The van der Waals surface area contributed by atoms with Gasteiger partial charge in [-0.3, -0.25) is 4.79 Å². The fraction of sp³-hybridized carbons (Fsp3) is 0.462. The minimum atomic E-state index is -0.390. The number of nitrogens with two attached hydrogens (primary N) is 1. The van der Waals surface area contributed by atoms with E-state index >= 15 is 0 Å². The maximum atomic E-state index is 12.4. The van der Waals surface area contributed by atoms with E-state index in [9.17, 15) is 4.79 Å². The zero-order chi connectivity index (χ0) is 13.2. The molecule has 0 bridgehead atoms. The third-order valence-electron chi connectivity index (χ3n) is 3.61. The van der Waals surface area contributed by atoms with E-state index < -0.39 is 0 Å². The lowest BCUT2D eigenvalue weighted by Gasteiger charge is -2.26. The van der Waals surface area contributed by atoms with E-state index in [0.717, 1.165) is 35.8 Å². The van der Waals surface area contributed by atoms with Gasteiger partial charge in [-0.1, -0.05) is 24.4 Å². The first-order valence-electron chi connectivity index (χ1n) is 6.04. The van der Waals surface area contributed by atoms with Gasteiger partial charge >= 0.3 is 0 Å². The molecule has 0 spiro atoms. The Morgan fingerprint density at radius 3 is 2.67 bits per heavy atom. The SMILES string of the molecule is NCC1(C(=O)Nc2ccc(Cl)cc2Br)CCCC1. The van der Waals surface area contributed by atoms with E-state index in [-0.39, 0.29) is 11.3 Å². The van der Waals surface area contributed by atoms with Gasteiger partial charge in [0.1, 0.15) is 0 Å². The smallest absolute Gasteiger partial charge is 0.231 e. The Balaban J connectivity index is 2.15. The molecule has 0 atom stereocenters. The van der Waals surface area contributed by atoms with Crippen molar-refractivity contribution in [3.63, 3.8) is 0 Å². The van der Waals surface area contributed by atoms with Crippen LogP contribution in [-0.4, -0.2) is 12.5 Å². The van der Waals surface area contributed by atoms with Crippen molar-refractivity contribution in [2.24, 2.45) is 11.1 Å². The Labute approximate surface area is 120 Å². The van der Waals surface area contributed by atoms with E-state index in [2.05, 4.69) is 21.2 Å². The van der Waals surface area contributed by atoms with Crippen molar-refractivity contribution in [1.82, 2.24) is 0 Å². The lowest BCUT2D eigenvalue weighted by molar-refractivity contribution is -0.124. The molecule has 1 aromatic carbocycles. The summed E-state index contributed by atoms with van der Waals surface area (Å²) >= 11 is 9.27. The summed E-state index contributed by atoms with van der Waals surface area (Å²) < 4.78 is 0.786. The van der Waals surface area contributed by atoms with Crippen LogP contribution in [0.1, 0.15) is 25.7 Å². The van der Waals surface area contributed by atoms with Crippen LogP contribution in [0.15, 0.2) is 22.7 Å². The predicted octanol–water partition coefficient (Wildman–Crippen LogP) is 3.56. The summed E-state index contributed by atoms with van der Waals surface area (Å²) in [5, 5.41) is 3.58. The van der Waals surface area contributed by atoms with Crippen molar-refractivity contribution in [2.75, 3.05) is 11.9 Å². The molecule has 0 saturated heterocycles. The molecule has 1 amide bonds. The molecule has 5 heteroatoms. The highest BCUT2D eigenvalue weighted by molar-refractivity contribution is 9.10. The lowest BCUT2D eigenvalue weighted by atomic mass is 9.85. The summed E-state index contributed by atoms with van der Waals surface area (Å²) in [6.45, 7) is 0.407. The van der Waals surface area contributed by atoms with Crippen molar-refractivity contribution in [1.29, 1.82) is 0 Å². The van der Waals surface area contributed by atoms with Gasteiger partial charge in [-0.25, -0.2) is 0 Å². The average Bonchev–Trinajstić information content (AvgIpc) is 2.82. The van der Waals surface area contributed by atoms with Crippen LogP contribution in [0.2, 0.25) is 5.02 Å². The summed E-state index contributed by atoms with van der Waals surface area (Å²) in [5.41, 5.74) is 6.14. The molecule has 1 aromatic rings. The molecule has 0 heterocycles. The first kappa shape index (κ1) is 13.8. The van der Waals surface area contributed by atoms with Crippen molar-refractivity contribution >= 4 is 39.1 Å². The number of carbonyl (C=O) groups is 1. The molecule has 1 fully saturated rings. The molecule has 1 aliphatic carbocycles. The van der Waals surface area contributed by atoms with Crippen LogP contribution >= 0.6 is 27.5 Å². The topological polar surface area (TPSA) is 55.1 Å². The zero-order valence-electron chi connectivity index (χ0n) is 10.0. The monoisotopic (exact) mass is 330 g/mol. The van der Waals surface area contributed by atoms with Gasteiger partial charge in [0.15, 0.2) is 0 Å². The van der Waals surface area contributed by atoms with Crippen LogP contribution in [0.4, 0.5) is 5.69 Å². The van der Waals surface area contributed by atoms with Gasteiger partial charge in [-0.2, -0.15) is 0 Å². The maximum Gasteiger partial charge on any atom is 0.231 e. The third-order valence-corrected chi connectivity index (χ3v) is 4.50. The van der Waals surface area contributed by atoms with Crippen LogP contribution in [0.5, 0.6) is 0 Å². The summed E-state index contributed by atoms with van der Waals surface area (Å²) in [6, 6.07) is 5.32. The zero-order valence-corrected chi connectivity index (χ0v) is 12.4. The Kier molecular flexibility index (Phi) is 4.30. The molecular weight excluding hydrogens is 316 g/mol. The molecule has 98 valence electrons. The number of nitrogens with one attached hydrogen (secondary N) is 1. The molecule has 0 unspecified atom stereocenters. The van der Waals surface area contributed by atoms with E-state index in [0.29, 0.717) is 11.6 Å². The summed E-state index contributed by atoms with van der Waals surface area (Å²) in [6.07, 6.45) is 3.90. The van der Waals surface area contributed by atoms with Crippen molar-refractivity contribution < 1.29 is 4.79 Å².